The van der Waals surface area contributed by atoms with Crippen LogP contribution in [0.1, 0.15) is 53.5 Å². The number of ketones is 1. The topological polar surface area (TPSA) is 71.8 Å². The zero-order chi connectivity index (χ0) is 25.7. The van der Waals surface area contributed by atoms with Gasteiger partial charge in [-0.3, -0.25) is 4.79 Å². The zero-order valence-electron chi connectivity index (χ0n) is 19.9. The van der Waals surface area contributed by atoms with E-state index in [0.717, 1.165) is 17.3 Å². The Kier molecular flexibility index (Phi) is 5.58. The van der Waals surface area contributed by atoms with Gasteiger partial charge in [-0.2, -0.15) is 18.3 Å². The maximum absolute atomic E-state index is 14.2. The van der Waals surface area contributed by atoms with Crippen molar-refractivity contribution in [1.82, 2.24) is 14.8 Å². The standard InChI is InChI=1S/C27H24F3N5O/c1-26(2,3)22-11-13-35(34-22)17-9-10-18(20(14-17)27(28,29)30)24(36)19-7-4-8-21-23(19)33-25-16(15-32-21)6-5-12-31-25/h4-14,32H,15H2,1-3H3,(H,31,33). The van der Waals surface area contributed by atoms with E-state index in [1.807, 2.05) is 26.8 Å². The zero-order valence-corrected chi connectivity index (χ0v) is 19.9. The molecule has 6 nitrogen and oxygen atoms in total. The van der Waals surface area contributed by atoms with Gasteiger partial charge in [-0.25, -0.2) is 9.67 Å². The fourth-order valence-corrected chi connectivity index (χ4v) is 4.15. The molecule has 0 amide bonds. The first-order valence-electron chi connectivity index (χ1n) is 11.4. The average molecular weight is 492 g/mol. The van der Waals surface area contributed by atoms with Gasteiger partial charge in [0.1, 0.15) is 5.82 Å². The van der Waals surface area contributed by atoms with Crippen LogP contribution in [0.15, 0.2) is 67.0 Å². The summed E-state index contributed by atoms with van der Waals surface area (Å²) >= 11 is 0. The molecule has 0 radical (unpaired) electrons. The summed E-state index contributed by atoms with van der Waals surface area (Å²) in [6, 6.07) is 14.0. The largest absolute Gasteiger partial charge is 0.417 e. The summed E-state index contributed by atoms with van der Waals surface area (Å²) in [5.41, 5.74) is 1.25. The lowest BCUT2D eigenvalue weighted by atomic mass is 9.93. The van der Waals surface area contributed by atoms with E-state index in [4.69, 9.17) is 0 Å². The molecule has 5 rings (SSSR count). The lowest BCUT2D eigenvalue weighted by Gasteiger charge is -2.17. The highest BCUT2D eigenvalue weighted by Gasteiger charge is 2.36. The molecule has 184 valence electrons. The third-order valence-corrected chi connectivity index (χ3v) is 6.09. The van der Waals surface area contributed by atoms with Crippen LogP contribution in [-0.4, -0.2) is 20.5 Å². The Morgan fingerprint density at radius 3 is 2.53 bits per heavy atom. The second kappa shape index (κ2) is 8.51. The minimum atomic E-state index is -4.74. The van der Waals surface area contributed by atoms with Gasteiger partial charge in [0.25, 0.3) is 0 Å². The van der Waals surface area contributed by atoms with Gasteiger partial charge in [0.15, 0.2) is 5.78 Å². The number of anilines is 3. The van der Waals surface area contributed by atoms with Crippen LogP contribution < -0.4 is 10.6 Å². The molecule has 4 aromatic rings. The van der Waals surface area contributed by atoms with Crippen molar-refractivity contribution in [3.05, 3.63) is 94.9 Å². The summed E-state index contributed by atoms with van der Waals surface area (Å²) < 4.78 is 44.0. The number of hydrogen-bond donors (Lipinski definition) is 2. The summed E-state index contributed by atoms with van der Waals surface area (Å²) in [7, 11) is 0. The van der Waals surface area contributed by atoms with Gasteiger partial charge in [0, 0.05) is 41.0 Å². The molecular formula is C27H24F3N5O. The third kappa shape index (κ3) is 4.32. The Balaban J connectivity index is 1.58. The predicted octanol–water partition coefficient (Wildman–Crippen LogP) is 6.48. The number of para-hydroxylation sites is 1. The Morgan fingerprint density at radius 2 is 1.81 bits per heavy atom. The number of alkyl halides is 3. The Bertz CT molecular complexity index is 1470. The molecule has 9 heteroatoms. The van der Waals surface area contributed by atoms with Crippen LogP contribution in [0, 0.1) is 0 Å². The van der Waals surface area contributed by atoms with E-state index < -0.39 is 23.1 Å². The molecule has 0 fully saturated rings. The first-order valence-corrected chi connectivity index (χ1v) is 11.4. The van der Waals surface area contributed by atoms with E-state index in [2.05, 4.69) is 20.7 Å². The van der Waals surface area contributed by atoms with Gasteiger partial charge >= 0.3 is 6.18 Å². The molecule has 0 unspecified atom stereocenters. The second-order valence-electron chi connectivity index (χ2n) is 9.67. The highest BCUT2D eigenvalue weighted by molar-refractivity contribution is 6.15. The maximum atomic E-state index is 14.2. The third-order valence-electron chi connectivity index (χ3n) is 6.09. The number of carbonyl (C=O) groups excluding carboxylic acids is 1. The van der Waals surface area contributed by atoms with Crippen molar-refractivity contribution in [3.8, 4) is 5.69 Å². The second-order valence-corrected chi connectivity index (χ2v) is 9.67. The minimum Gasteiger partial charge on any atom is -0.379 e. The fraction of sp³-hybridized carbons (Fsp3) is 0.222. The van der Waals surface area contributed by atoms with Gasteiger partial charge in [-0.1, -0.05) is 32.9 Å². The molecule has 0 bridgehead atoms. The van der Waals surface area contributed by atoms with Crippen molar-refractivity contribution in [3.63, 3.8) is 0 Å². The molecular weight excluding hydrogens is 467 g/mol. The van der Waals surface area contributed by atoms with Gasteiger partial charge in [-0.15, -0.1) is 0 Å². The van der Waals surface area contributed by atoms with Crippen molar-refractivity contribution < 1.29 is 18.0 Å². The smallest absolute Gasteiger partial charge is 0.379 e. The summed E-state index contributed by atoms with van der Waals surface area (Å²) in [6.45, 7) is 6.39. The first-order chi connectivity index (χ1) is 17.0. The fourth-order valence-electron chi connectivity index (χ4n) is 4.15. The van der Waals surface area contributed by atoms with Crippen molar-refractivity contribution in [2.45, 2.75) is 38.9 Å². The minimum absolute atomic E-state index is 0.117. The monoisotopic (exact) mass is 491 g/mol. The van der Waals surface area contributed by atoms with E-state index in [0.29, 0.717) is 23.7 Å². The molecule has 0 saturated heterocycles. The van der Waals surface area contributed by atoms with Gasteiger partial charge in [0.05, 0.1) is 28.3 Å². The van der Waals surface area contributed by atoms with Crippen molar-refractivity contribution in [1.29, 1.82) is 0 Å². The number of halogens is 3. The average Bonchev–Trinajstić information content (AvgIpc) is 3.26. The van der Waals surface area contributed by atoms with E-state index in [-0.39, 0.29) is 16.7 Å². The highest BCUT2D eigenvalue weighted by atomic mass is 19.4. The van der Waals surface area contributed by atoms with Crippen LogP contribution in [0.5, 0.6) is 0 Å². The Morgan fingerprint density at radius 1 is 1.00 bits per heavy atom. The van der Waals surface area contributed by atoms with Crippen molar-refractivity contribution >= 4 is 23.0 Å². The predicted molar refractivity (Wildman–Crippen MR) is 132 cm³/mol. The summed E-state index contributed by atoms with van der Waals surface area (Å²) in [4.78, 5) is 17.9. The molecule has 0 aliphatic carbocycles. The number of fused-ring (bicyclic) bond motifs is 2. The number of benzene rings is 2. The number of carbonyl (C=O) groups is 1. The number of hydrogen-bond acceptors (Lipinski definition) is 5. The first kappa shape index (κ1) is 23.6. The summed E-state index contributed by atoms with van der Waals surface area (Å²) in [5.74, 6) is -0.195. The molecule has 2 aromatic heterocycles. The molecule has 1 aliphatic heterocycles. The van der Waals surface area contributed by atoms with Crippen molar-refractivity contribution in [2.24, 2.45) is 0 Å². The lowest BCUT2D eigenvalue weighted by Crippen LogP contribution is -2.16. The molecule has 2 N–H and O–H groups in total. The number of nitrogens with zero attached hydrogens (tertiary/aromatic N) is 3. The van der Waals surface area contributed by atoms with Gasteiger partial charge in [-0.05, 0) is 42.5 Å². The molecule has 36 heavy (non-hydrogen) atoms. The van der Waals surface area contributed by atoms with Crippen LogP contribution in [0.2, 0.25) is 0 Å². The maximum Gasteiger partial charge on any atom is 0.417 e. The quantitative estimate of drug-likeness (QED) is 0.321. The molecule has 0 atom stereocenters. The van der Waals surface area contributed by atoms with Crippen LogP contribution in [0.4, 0.5) is 30.4 Å². The number of nitrogens with one attached hydrogen (secondary N) is 2. The number of aromatic nitrogens is 3. The number of pyridine rings is 1. The highest BCUT2D eigenvalue weighted by Crippen LogP contribution is 2.38. The van der Waals surface area contributed by atoms with Crippen LogP contribution in [0.3, 0.4) is 0 Å². The molecule has 2 aromatic carbocycles. The Labute approximate surface area is 206 Å². The molecule has 1 aliphatic rings. The lowest BCUT2D eigenvalue weighted by molar-refractivity contribution is -0.137. The van der Waals surface area contributed by atoms with E-state index in [9.17, 15) is 18.0 Å². The molecule has 3 heterocycles. The van der Waals surface area contributed by atoms with Gasteiger partial charge < -0.3 is 10.6 Å². The Hall–Kier alpha value is -4.14. The van der Waals surface area contributed by atoms with Gasteiger partial charge in [0.2, 0.25) is 0 Å². The molecule has 0 saturated carbocycles. The normalized spacial score (nSPS) is 13.2. The van der Waals surface area contributed by atoms with E-state index >= 15 is 0 Å². The summed E-state index contributed by atoms with van der Waals surface area (Å²) in [6.07, 6.45) is -1.51. The van der Waals surface area contributed by atoms with E-state index in [1.54, 1.807) is 36.7 Å². The number of rotatable bonds is 3. The van der Waals surface area contributed by atoms with Crippen LogP contribution >= 0.6 is 0 Å². The molecule has 0 spiro atoms. The van der Waals surface area contributed by atoms with Crippen molar-refractivity contribution in [2.75, 3.05) is 10.6 Å². The summed E-state index contributed by atoms with van der Waals surface area (Å²) in [5, 5.41) is 10.8. The SMILES string of the molecule is CC(C)(C)c1ccn(-c2ccc(C(=O)c3cccc4c3Nc3ncccc3CN4)c(C(F)(F)F)c2)n1. The van der Waals surface area contributed by atoms with Crippen LogP contribution in [-0.2, 0) is 18.1 Å². The van der Waals surface area contributed by atoms with Crippen LogP contribution in [0.25, 0.3) is 5.69 Å². The van der Waals surface area contributed by atoms with E-state index in [1.165, 1.54) is 22.9 Å².